The minimum Gasteiger partial charge on any atom is -0.481 e. The van der Waals surface area contributed by atoms with Gasteiger partial charge in [-0.15, -0.1) is 0 Å². The Morgan fingerprint density at radius 3 is 2.45 bits per heavy atom. The number of hydrogen-bond acceptors (Lipinski definition) is 4. The predicted octanol–water partition coefficient (Wildman–Crippen LogP) is 0.0788. The molecule has 2 rings (SSSR count). The molecule has 0 aromatic carbocycles. The van der Waals surface area contributed by atoms with Crippen molar-refractivity contribution in [1.29, 1.82) is 0 Å². The summed E-state index contributed by atoms with van der Waals surface area (Å²) in [5, 5.41) is 24.2. The molecule has 0 bridgehead atoms. The third-order valence-corrected chi connectivity index (χ3v) is 4.28. The van der Waals surface area contributed by atoms with E-state index in [1.165, 1.54) is 0 Å². The highest BCUT2D eigenvalue weighted by molar-refractivity contribution is 5.79. The molecule has 1 heterocycles. The fourth-order valence-electron chi connectivity index (χ4n) is 2.69. The lowest BCUT2D eigenvalue weighted by Crippen LogP contribution is -2.54. The normalized spacial score (nSPS) is 37.4. The first kappa shape index (κ1) is 15.1. The maximum atomic E-state index is 11.9. The number of carboxylic acid groups (broad SMARTS) is 1. The third kappa shape index (κ3) is 3.21. The average molecular weight is 286 g/mol. The second-order valence-corrected chi connectivity index (χ2v) is 5.91. The van der Waals surface area contributed by atoms with Crippen molar-refractivity contribution >= 4 is 12.0 Å². The Morgan fingerprint density at radius 1 is 1.20 bits per heavy atom. The van der Waals surface area contributed by atoms with Crippen molar-refractivity contribution in [2.45, 2.75) is 50.8 Å². The van der Waals surface area contributed by atoms with Gasteiger partial charge in [0.1, 0.15) is 5.41 Å². The summed E-state index contributed by atoms with van der Waals surface area (Å²) in [7, 11) is 0. The largest absolute Gasteiger partial charge is 0.481 e. The highest BCUT2D eigenvalue weighted by Gasteiger charge is 2.47. The van der Waals surface area contributed by atoms with E-state index in [1.54, 1.807) is 6.92 Å². The fraction of sp³-hybridized carbons (Fsp3) is 0.846. The SMILES string of the molecule is CC1(C(=O)O)COCC1NC(=O)NC1CCC(O)CC1. The number of rotatable bonds is 3. The highest BCUT2D eigenvalue weighted by Crippen LogP contribution is 2.28. The zero-order valence-corrected chi connectivity index (χ0v) is 11.6. The van der Waals surface area contributed by atoms with Gasteiger partial charge in [0.25, 0.3) is 0 Å². The zero-order chi connectivity index (χ0) is 14.8. The summed E-state index contributed by atoms with van der Waals surface area (Å²) in [5.41, 5.74) is -1.08. The molecule has 0 spiro atoms. The van der Waals surface area contributed by atoms with Crippen molar-refractivity contribution < 1.29 is 24.5 Å². The van der Waals surface area contributed by atoms with Gasteiger partial charge in [-0.05, 0) is 32.6 Å². The lowest BCUT2D eigenvalue weighted by Gasteiger charge is -2.29. The summed E-state index contributed by atoms with van der Waals surface area (Å²) in [6.45, 7) is 1.88. The molecule has 2 unspecified atom stereocenters. The molecule has 20 heavy (non-hydrogen) atoms. The molecule has 2 fully saturated rings. The zero-order valence-electron chi connectivity index (χ0n) is 11.6. The molecule has 0 aromatic heterocycles. The van der Waals surface area contributed by atoms with Crippen molar-refractivity contribution in [2.75, 3.05) is 13.2 Å². The van der Waals surface area contributed by atoms with Gasteiger partial charge in [0, 0.05) is 6.04 Å². The first-order valence-electron chi connectivity index (χ1n) is 6.98. The maximum absolute atomic E-state index is 11.9. The van der Waals surface area contributed by atoms with Gasteiger partial charge < -0.3 is 25.6 Å². The van der Waals surface area contributed by atoms with Crippen LogP contribution in [0.1, 0.15) is 32.6 Å². The summed E-state index contributed by atoms with van der Waals surface area (Å²) >= 11 is 0. The Bertz CT molecular complexity index is 381. The van der Waals surface area contributed by atoms with E-state index >= 15 is 0 Å². The van der Waals surface area contributed by atoms with Crippen LogP contribution >= 0.6 is 0 Å². The molecule has 1 saturated carbocycles. The molecule has 7 nitrogen and oxygen atoms in total. The van der Waals surface area contributed by atoms with Crippen molar-refractivity contribution in [3.05, 3.63) is 0 Å². The predicted molar refractivity (Wildman–Crippen MR) is 70.3 cm³/mol. The van der Waals surface area contributed by atoms with Gasteiger partial charge in [0.2, 0.25) is 0 Å². The van der Waals surface area contributed by atoms with Gasteiger partial charge in [0.15, 0.2) is 0 Å². The van der Waals surface area contributed by atoms with Gasteiger partial charge in [0.05, 0.1) is 25.4 Å². The van der Waals surface area contributed by atoms with Gasteiger partial charge in [-0.2, -0.15) is 0 Å². The number of carboxylic acids is 1. The highest BCUT2D eigenvalue weighted by atomic mass is 16.5. The Morgan fingerprint density at radius 2 is 1.85 bits per heavy atom. The van der Waals surface area contributed by atoms with E-state index in [4.69, 9.17) is 4.74 Å². The first-order chi connectivity index (χ1) is 9.41. The Labute approximate surface area is 117 Å². The minimum absolute atomic E-state index is 0.0387. The molecule has 2 aliphatic rings. The Kier molecular flexibility index (Phi) is 4.49. The maximum Gasteiger partial charge on any atom is 0.315 e. The van der Waals surface area contributed by atoms with Crippen molar-refractivity contribution in [1.82, 2.24) is 10.6 Å². The number of aliphatic hydroxyl groups is 1. The number of ether oxygens (including phenoxy) is 1. The standard InChI is InChI=1S/C13H22N2O5/c1-13(11(17)18)7-20-6-10(13)15-12(19)14-8-2-4-9(16)5-3-8/h8-10,16H,2-7H2,1H3,(H,17,18)(H2,14,15,19). The van der Waals surface area contributed by atoms with Crippen LogP contribution in [0.5, 0.6) is 0 Å². The first-order valence-corrected chi connectivity index (χ1v) is 6.98. The van der Waals surface area contributed by atoms with Crippen molar-refractivity contribution in [2.24, 2.45) is 5.41 Å². The van der Waals surface area contributed by atoms with E-state index in [9.17, 15) is 19.8 Å². The van der Waals surface area contributed by atoms with Gasteiger partial charge >= 0.3 is 12.0 Å². The monoisotopic (exact) mass is 286 g/mol. The topological polar surface area (TPSA) is 108 Å². The smallest absolute Gasteiger partial charge is 0.315 e. The molecule has 1 aliphatic heterocycles. The van der Waals surface area contributed by atoms with Crippen LogP contribution in [0.3, 0.4) is 0 Å². The number of nitrogens with one attached hydrogen (secondary N) is 2. The second-order valence-electron chi connectivity index (χ2n) is 5.91. The summed E-state index contributed by atoms with van der Waals surface area (Å²) < 4.78 is 5.18. The number of carbonyl (C=O) groups is 2. The molecule has 4 N–H and O–H groups in total. The molecule has 114 valence electrons. The van der Waals surface area contributed by atoms with E-state index in [1.807, 2.05) is 0 Å². The molecule has 2 amide bonds. The molecule has 1 aliphatic carbocycles. The van der Waals surface area contributed by atoms with Crippen LogP contribution in [0, 0.1) is 5.41 Å². The molecule has 7 heteroatoms. The number of amides is 2. The van der Waals surface area contributed by atoms with Crippen LogP contribution in [-0.2, 0) is 9.53 Å². The molecule has 1 saturated heterocycles. The molecule has 0 radical (unpaired) electrons. The van der Waals surface area contributed by atoms with Crippen LogP contribution in [0.2, 0.25) is 0 Å². The van der Waals surface area contributed by atoms with E-state index in [-0.39, 0.29) is 31.4 Å². The van der Waals surface area contributed by atoms with E-state index < -0.39 is 17.4 Å². The Balaban J connectivity index is 1.84. The van der Waals surface area contributed by atoms with Gasteiger partial charge in [-0.25, -0.2) is 4.79 Å². The minimum atomic E-state index is -1.08. The van der Waals surface area contributed by atoms with Gasteiger partial charge in [-0.3, -0.25) is 4.79 Å². The van der Waals surface area contributed by atoms with Crippen molar-refractivity contribution in [3.8, 4) is 0 Å². The van der Waals surface area contributed by atoms with E-state index in [2.05, 4.69) is 10.6 Å². The number of urea groups is 1. The number of aliphatic carboxylic acids is 1. The van der Waals surface area contributed by atoms with Gasteiger partial charge in [-0.1, -0.05) is 0 Å². The number of aliphatic hydroxyl groups excluding tert-OH is 1. The molecule has 0 aromatic rings. The van der Waals surface area contributed by atoms with Crippen molar-refractivity contribution in [3.63, 3.8) is 0 Å². The summed E-state index contributed by atoms with van der Waals surface area (Å²) in [6.07, 6.45) is 2.58. The van der Waals surface area contributed by atoms with Crippen LogP contribution in [0.4, 0.5) is 4.79 Å². The van der Waals surface area contributed by atoms with E-state index in [0.29, 0.717) is 12.8 Å². The van der Waals surface area contributed by atoms with E-state index in [0.717, 1.165) is 12.8 Å². The van der Waals surface area contributed by atoms with Crippen LogP contribution < -0.4 is 10.6 Å². The second kappa shape index (κ2) is 5.97. The summed E-state index contributed by atoms with van der Waals surface area (Å²) in [5.74, 6) is -0.971. The number of hydrogen-bond donors (Lipinski definition) is 4. The summed E-state index contributed by atoms with van der Waals surface area (Å²) in [6, 6.07) is -0.861. The quantitative estimate of drug-likeness (QED) is 0.587. The summed E-state index contributed by atoms with van der Waals surface area (Å²) in [4.78, 5) is 23.2. The molecular formula is C13H22N2O5. The Hall–Kier alpha value is -1.34. The lowest BCUT2D eigenvalue weighted by molar-refractivity contribution is -0.148. The average Bonchev–Trinajstić information content (AvgIpc) is 2.75. The molecule has 2 atom stereocenters. The third-order valence-electron chi connectivity index (χ3n) is 4.28. The van der Waals surface area contributed by atoms with Crippen LogP contribution in [0.25, 0.3) is 0 Å². The van der Waals surface area contributed by atoms with Crippen LogP contribution in [-0.4, -0.2) is 53.6 Å². The lowest BCUT2D eigenvalue weighted by atomic mass is 9.85. The molecular weight excluding hydrogens is 264 g/mol. The van der Waals surface area contributed by atoms with Crippen LogP contribution in [0.15, 0.2) is 0 Å². The fourth-order valence-corrected chi connectivity index (χ4v) is 2.69. The number of carbonyl (C=O) groups excluding carboxylic acids is 1.